The lowest BCUT2D eigenvalue weighted by Crippen LogP contribution is -2.38. The molecular formula is C25H35N5OS. The van der Waals surface area contributed by atoms with Gasteiger partial charge in [0.1, 0.15) is 0 Å². The van der Waals surface area contributed by atoms with Crippen molar-refractivity contribution in [3.63, 3.8) is 0 Å². The second kappa shape index (κ2) is 10.3. The first kappa shape index (κ1) is 21.9. The van der Waals surface area contributed by atoms with E-state index in [0.29, 0.717) is 6.04 Å². The topological polar surface area (TPSA) is 45.6 Å². The minimum Gasteiger partial charge on any atom is -0.379 e. The smallest absolute Gasteiger partial charge is 0.170 e. The largest absolute Gasteiger partial charge is 0.379 e. The zero-order valence-corrected chi connectivity index (χ0v) is 19.7. The number of nitrogens with zero attached hydrogens (tertiary/aromatic N) is 4. The van der Waals surface area contributed by atoms with Crippen molar-refractivity contribution in [3.8, 4) is 0 Å². The number of aromatic nitrogens is 2. The molecule has 1 aliphatic carbocycles. The van der Waals surface area contributed by atoms with Crippen LogP contribution in [0.2, 0.25) is 0 Å². The van der Waals surface area contributed by atoms with Crippen molar-refractivity contribution < 1.29 is 4.74 Å². The first-order valence-electron chi connectivity index (χ1n) is 12.2. The number of hydrogen-bond donors (Lipinski definition) is 1. The molecule has 32 heavy (non-hydrogen) atoms. The van der Waals surface area contributed by atoms with Gasteiger partial charge in [0.15, 0.2) is 5.11 Å². The molecule has 6 nitrogen and oxygen atoms in total. The van der Waals surface area contributed by atoms with Crippen molar-refractivity contribution in [2.45, 2.75) is 56.7 Å². The fraction of sp³-hybridized carbons (Fsp3) is 0.600. The van der Waals surface area contributed by atoms with Crippen molar-refractivity contribution >= 4 is 17.3 Å². The monoisotopic (exact) mass is 453 g/mol. The quantitative estimate of drug-likeness (QED) is 0.638. The zero-order chi connectivity index (χ0) is 21.8. The third kappa shape index (κ3) is 4.85. The molecule has 3 fully saturated rings. The summed E-state index contributed by atoms with van der Waals surface area (Å²) >= 11 is 5.84. The summed E-state index contributed by atoms with van der Waals surface area (Å²) in [6.07, 6.45) is 14.3. The summed E-state index contributed by atoms with van der Waals surface area (Å²) in [7, 11) is 0. The minimum atomic E-state index is 0.0780. The molecule has 0 amide bonds. The van der Waals surface area contributed by atoms with Crippen molar-refractivity contribution in [2.75, 3.05) is 39.4 Å². The Balaban J connectivity index is 1.35. The molecule has 1 N–H and O–H groups in total. The van der Waals surface area contributed by atoms with Gasteiger partial charge in [-0.3, -0.25) is 9.88 Å². The molecular weight excluding hydrogens is 418 g/mol. The van der Waals surface area contributed by atoms with Crippen LogP contribution >= 0.6 is 12.2 Å². The van der Waals surface area contributed by atoms with Crippen LogP contribution in [0.15, 0.2) is 42.9 Å². The second-order valence-corrected chi connectivity index (χ2v) is 9.70. The van der Waals surface area contributed by atoms with Crippen molar-refractivity contribution in [1.29, 1.82) is 0 Å². The van der Waals surface area contributed by atoms with Crippen LogP contribution in [0.5, 0.6) is 0 Å². The highest BCUT2D eigenvalue weighted by Crippen LogP contribution is 2.39. The number of ether oxygens (including phenoxy) is 1. The zero-order valence-electron chi connectivity index (χ0n) is 18.9. The highest BCUT2D eigenvalue weighted by Gasteiger charge is 2.40. The average molecular weight is 454 g/mol. The van der Waals surface area contributed by atoms with Crippen molar-refractivity contribution in [1.82, 2.24) is 24.7 Å². The molecule has 0 aromatic carbocycles. The molecule has 5 rings (SSSR count). The number of nitrogens with one attached hydrogen (secondary N) is 1. The van der Waals surface area contributed by atoms with Gasteiger partial charge in [-0.2, -0.15) is 0 Å². The lowest BCUT2D eigenvalue weighted by Gasteiger charge is -2.30. The Labute approximate surface area is 196 Å². The summed E-state index contributed by atoms with van der Waals surface area (Å²) in [6, 6.07) is 9.36. The molecule has 2 atom stereocenters. The molecule has 0 radical (unpaired) electrons. The van der Waals surface area contributed by atoms with E-state index >= 15 is 0 Å². The molecule has 2 saturated heterocycles. The molecule has 3 aliphatic rings. The van der Waals surface area contributed by atoms with Gasteiger partial charge in [0.05, 0.1) is 31.0 Å². The van der Waals surface area contributed by atoms with Crippen LogP contribution in [0, 0.1) is 0 Å². The predicted molar refractivity (Wildman–Crippen MR) is 131 cm³/mol. The fourth-order valence-electron chi connectivity index (χ4n) is 5.51. The number of pyridine rings is 1. The molecule has 2 aromatic heterocycles. The highest BCUT2D eigenvalue weighted by atomic mass is 32.1. The summed E-state index contributed by atoms with van der Waals surface area (Å²) < 4.78 is 7.95. The molecule has 0 spiro atoms. The lowest BCUT2D eigenvalue weighted by atomic mass is 9.95. The number of thiocarbonyl (C=S) groups is 1. The van der Waals surface area contributed by atoms with E-state index in [-0.39, 0.29) is 12.1 Å². The van der Waals surface area contributed by atoms with Gasteiger partial charge in [-0.15, -0.1) is 0 Å². The molecule has 0 bridgehead atoms. The number of rotatable bonds is 7. The van der Waals surface area contributed by atoms with Gasteiger partial charge in [0.2, 0.25) is 0 Å². The minimum absolute atomic E-state index is 0.0780. The van der Waals surface area contributed by atoms with E-state index < -0.39 is 0 Å². The lowest BCUT2D eigenvalue weighted by molar-refractivity contribution is 0.0365. The van der Waals surface area contributed by atoms with Crippen molar-refractivity contribution in [3.05, 3.63) is 54.1 Å². The van der Waals surface area contributed by atoms with E-state index in [0.717, 1.165) is 56.6 Å². The van der Waals surface area contributed by atoms with Gasteiger partial charge in [-0.1, -0.05) is 25.3 Å². The standard InChI is InChI=1S/C25H35N5OS/c32-25-27-23(22-9-4-5-11-26-22)24(30(25)13-6-12-28-15-17-31-18-16-28)20-10-14-29(19-20)21-7-2-1-3-8-21/h4-5,9-11,14,19,21,23-24H,1-3,6-8,12-13,15-18H2,(H,27,32)/t23-,24-/m0/s1. The maximum Gasteiger partial charge on any atom is 0.170 e. The normalized spacial score (nSPS) is 25.2. The Morgan fingerprint density at radius 1 is 1.06 bits per heavy atom. The van der Waals surface area contributed by atoms with E-state index in [2.05, 4.69) is 55.3 Å². The molecule has 2 aliphatic heterocycles. The van der Waals surface area contributed by atoms with E-state index in [1.807, 2.05) is 12.3 Å². The van der Waals surface area contributed by atoms with Crippen LogP contribution in [-0.4, -0.2) is 63.9 Å². The Kier molecular flexibility index (Phi) is 7.05. The number of hydrogen-bond acceptors (Lipinski definition) is 4. The van der Waals surface area contributed by atoms with E-state index in [1.165, 1.54) is 37.7 Å². The van der Waals surface area contributed by atoms with Gasteiger partial charge in [0.25, 0.3) is 0 Å². The SMILES string of the molecule is S=C1N[C@@H](c2ccccn2)[C@H](c2ccn(C3CCCCC3)c2)N1CCCN1CCOCC1. The van der Waals surface area contributed by atoms with E-state index in [9.17, 15) is 0 Å². The molecule has 1 saturated carbocycles. The van der Waals surface area contributed by atoms with Gasteiger partial charge in [-0.25, -0.2) is 0 Å². The Morgan fingerprint density at radius 3 is 2.69 bits per heavy atom. The summed E-state index contributed by atoms with van der Waals surface area (Å²) in [4.78, 5) is 9.58. The molecule has 172 valence electrons. The average Bonchev–Trinajstić information content (AvgIpc) is 3.46. The van der Waals surface area contributed by atoms with Crippen LogP contribution in [0.1, 0.15) is 67.9 Å². The van der Waals surface area contributed by atoms with Gasteiger partial charge >= 0.3 is 0 Å². The maximum atomic E-state index is 5.84. The molecule has 2 aromatic rings. The van der Waals surface area contributed by atoms with Crippen LogP contribution in [-0.2, 0) is 4.74 Å². The van der Waals surface area contributed by atoms with E-state index in [1.54, 1.807) is 0 Å². The summed E-state index contributed by atoms with van der Waals surface area (Å²) in [5.74, 6) is 0. The predicted octanol–water partition coefficient (Wildman–Crippen LogP) is 4.08. The molecule has 7 heteroatoms. The second-order valence-electron chi connectivity index (χ2n) is 9.31. The Morgan fingerprint density at radius 2 is 1.91 bits per heavy atom. The van der Waals surface area contributed by atoms with Crippen LogP contribution in [0.3, 0.4) is 0 Å². The van der Waals surface area contributed by atoms with Gasteiger partial charge < -0.3 is 19.5 Å². The van der Waals surface area contributed by atoms with Gasteiger partial charge in [-0.05, 0) is 55.2 Å². The number of morpholine rings is 1. The first-order valence-corrected chi connectivity index (χ1v) is 12.7. The third-order valence-electron chi connectivity index (χ3n) is 7.25. The van der Waals surface area contributed by atoms with Crippen molar-refractivity contribution in [2.24, 2.45) is 0 Å². The first-order chi connectivity index (χ1) is 15.8. The molecule has 4 heterocycles. The Hall–Kier alpha value is -1.96. The van der Waals surface area contributed by atoms with Crippen LogP contribution in [0.25, 0.3) is 0 Å². The summed E-state index contributed by atoms with van der Waals surface area (Å²) in [6.45, 7) is 5.81. The maximum absolute atomic E-state index is 5.84. The van der Waals surface area contributed by atoms with Crippen LogP contribution in [0.4, 0.5) is 0 Å². The van der Waals surface area contributed by atoms with Crippen LogP contribution < -0.4 is 5.32 Å². The van der Waals surface area contributed by atoms with E-state index in [4.69, 9.17) is 17.0 Å². The highest BCUT2D eigenvalue weighted by molar-refractivity contribution is 7.80. The third-order valence-corrected chi connectivity index (χ3v) is 7.60. The molecule has 0 unspecified atom stereocenters. The summed E-state index contributed by atoms with van der Waals surface area (Å²) in [5, 5.41) is 4.44. The Bertz CT molecular complexity index is 875. The van der Waals surface area contributed by atoms with Gasteiger partial charge in [0, 0.05) is 50.8 Å². The summed E-state index contributed by atoms with van der Waals surface area (Å²) in [5.41, 5.74) is 2.39. The fourth-order valence-corrected chi connectivity index (χ4v) is 5.84.